The van der Waals surface area contributed by atoms with Crippen LogP contribution in [0.5, 0.6) is 0 Å². The number of hydrogen-bond donors (Lipinski definition) is 1. The minimum Gasteiger partial charge on any atom is -0.467 e. The van der Waals surface area contributed by atoms with Crippen LogP contribution in [0, 0.1) is 0 Å². The Labute approximate surface area is 69.9 Å². The molecule has 0 saturated carbocycles. The summed E-state index contributed by atoms with van der Waals surface area (Å²) in [5.41, 5.74) is 0. The zero-order chi connectivity index (χ0) is 9.14. The molecule has 1 saturated heterocycles. The van der Waals surface area contributed by atoms with Crippen molar-refractivity contribution < 1.29 is 19.4 Å². The second-order valence-corrected chi connectivity index (χ2v) is 2.67. The van der Waals surface area contributed by atoms with Gasteiger partial charge in [-0.1, -0.05) is 0 Å². The van der Waals surface area contributed by atoms with E-state index in [9.17, 15) is 9.59 Å². The van der Waals surface area contributed by atoms with E-state index in [0.717, 1.165) is 4.90 Å². The van der Waals surface area contributed by atoms with E-state index >= 15 is 0 Å². The lowest BCUT2D eigenvalue weighted by molar-refractivity contribution is -0.144. The molecule has 5 heteroatoms. The average molecular weight is 172 g/mol. The fraction of sp³-hybridized carbons (Fsp3) is 0.714. The summed E-state index contributed by atoms with van der Waals surface area (Å²) in [6, 6.07) is -0.664. The maximum absolute atomic E-state index is 11.0. The SMILES string of the molecule is COC(=O)[C@@H]1C[C@H](O)CN1[C]=O. The van der Waals surface area contributed by atoms with Gasteiger partial charge in [-0.05, 0) is 0 Å². The number of hydrogen-bond acceptors (Lipinski definition) is 4. The lowest BCUT2D eigenvalue weighted by atomic mass is 10.2. The molecule has 1 heterocycles. The molecule has 2 atom stereocenters. The van der Waals surface area contributed by atoms with Crippen molar-refractivity contribution in [3.8, 4) is 0 Å². The van der Waals surface area contributed by atoms with E-state index in [1.807, 2.05) is 0 Å². The number of aliphatic hydroxyl groups excluding tert-OH is 1. The van der Waals surface area contributed by atoms with Crippen molar-refractivity contribution in [3.63, 3.8) is 0 Å². The van der Waals surface area contributed by atoms with E-state index in [1.165, 1.54) is 7.11 Å². The van der Waals surface area contributed by atoms with Crippen LogP contribution < -0.4 is 0 Å². The van der Waals surface area contributed by atoms with Gasteiger partial charge in [-0.3, -0.25) is 4.79 Å². The number of β-amino-alcohol motifs (C(OH)–C–C–N with tert-alkyl or cyclic N) is 1. The van der Waals surface area contributed by atoms with Gasteiger partial charge in [-0.15, -0.1) is 0 Å². The Morgan fingerprint density at radius 1 is 1.75 bits per heavy atom. The van der Waals surface area contributed by atoms with Crippen LogP contribution >= 0.6 is 0 Å². The highest BCUT2D eigenvalue weighted by molar-refractivity contribution is 5.78. The second kappa shape index (κ2) is 3.53. The molecular weight excluding hydrogens is 162 g/mol. The summed E-state index contributed by atoms with van der Waals surface area (Å²) in [5.74, 6) is -0.505. The number of methoxy groups -OCH3 is 1. The molecule has 0 aromatic rings. The van der Waals surface area contributed by atoms with Crippen LogP contribution in [-0.2, 0) is 14.3 Å². The van der Waals surface area contributed by atoms with E-state index in [4.69, 9.17) is 5.11 Å². The first-order valence-corrected chi connectivity index (χ1v) is 3.59. The quantitative estimate of drug-likeness (QED) is 0.523. The molecule has 0 aromatic heterocycles. The average Bonchev–Trinajstić information content (AvgIpc) is 2.45. The van der Waals surface area contributed by atoms with E-state index < -0.39 is 18.1 Å². The highest BCUT2D eigenvalue weighted by atomic mass is 16.5. The van der Waals surface area contributed by atoms with Crippen LogP contribution in [0.2, 0.25) is 0 Å². The molecule has 12 heavy (non-hydrogen) atoms. The Morgan fingerprint density at radius 2 is 2.42 bits per heavy atom. The molecule has 0 unspecified atom stereocenters. The maximum atomic E-state index is 11.0. The van der Waals surface area contributed by atoms with E-state index in [2.05, 4.69) is 4.74 Å². The predicted molar refractivity (Wildman–Crippen MR) is 38.8 cm³/mol. The summed E-state index contributed by atoms with van der Waals surface area (Å²) < 4.78 is 4.44. The van der Waals surface area contributed by atoms with E-state index in [1.54, 1.807) is 6.41 Å². The van der Waals surface area contributed by atoms with Crippen molar-refractivity contribution in [2.45, 2.75) is 18.6 Å². The molecule has 1 fully saturated rings. The van der Waals surface area contributed by atoms with Gasteiger partial charge in [0.2, 0.25) is 0 Å². The highest BCUT2D eigenvalue weighted by Gasteiger charge is 2.36. The van der Waals surface area contributed by atoms with E-state index in [0.29, 0.717) is 0 Å². The smallest absolute Gasteiger partial charge is 0.328 e. The second-order valence-electron chi connectivity index (χ2n) is 2.67. The third kappa shape index (κ3) is 1.55. The first-order chi connectivity index (χ1) is 5.69. The lowest BCUT2D eigenvalue weighted by Gasteiger charge is -2.14. The molecule has 0 spiro atoms. The maximum Gasteiger partial charge on any atom is 0.328 e. The first-order valence-electron chi connectivity index (χ1n) is 3.59. The van der Waals surface area contributed by atoms with Gasteiger partial charge >= 0.3 is 12.4 Å². The van der Waals surface area contributed by atoms with Gasteiger partial charge in [0.25, 0.3) is 0 Å². The number of amides is 1. The van der Waals surface area contributed by atoms with Crippen molar-refractivity contribution in [1.82, 2.24) is 4.90 Å². The minimum absolute atomic E-state index is 0.156. The monoisotopic (exact) mass is 172 g/mol. The van der Waals surface area contributed by atoms with Gasteiger partial charge in [0, 0.05) is 13.0 Å². The largest absolute Gasteiger partial charge is 0.467 e. The number of carbonyl (C=O) groups is 1. The Morgan fingerprint density at radius 3 is 2.92 bits per heavy atom. The summed E-state index contributed by atoms with van der Waals surface area (Å²) >= 11 is 0. The van der Waals surface area contributed by atoms with Gasteiger partial charge < -0.3 is 14.7 Å². The van der Waals surface area contributed by atoms with Crippen LogP contribution in [0.15, 0.2) is 0 Å². The van der Waals surface area contributed by atoms with Crippen LogP contribution in [0.25, 0.3) is 0 Å². The first kappa shape index (κ1) is 8.99. The Kier molecular flexibility index (Phi) is 2.65. The van der Waals surface area contributed by atoms with Crippen molar-refractivity contribution >= 4 is 12.4 Å². The zero-order valence-electron chi connectivity index (χ0n) is 6.69. The molecule has 1 rings (SSSR count). The van der Waals surface area contributed by atoms with Gasteiger partial charge in [-0.2, -0.15) is 0 Å². The number of likely N-dealkylation sites (tertiary alicyclic amines) is 1. The zero-order valence-corrected chi connectivity index (χ0v) is 6.69. The third-order valence-electron chi connectivity index (χ3n) is 1.87. The van der Waals surface area contributed by atoms with E-state index in [-0.39, 0.29) is 13.0 Å². The van der Waals surface area contributed by atoms with Gasteiger partial charge in [0.05, 0.1) is 13.2 Å². The highest BCUT2D eigenvalue weighted by Crippen LogP contribution is 2.16. The lowest BCUT2D eigenvalue weighted by Crippen LogP contribution is -2.35. The molecular formula is C7H10NO4. The number of nitrogens with zero attached hydrogens (tertiary/aromatic N) is 1. The Hall–Kier alpha value is -1.10. The number of rotatable bonds is 2. The standard InChI is InChI=1S/C7H10NO4/c1-12-7(11)6-2-5(10)3-8(6)4-9/h5-6,10H,2-3H2,1H3/t5-,6-/m0/s1. The summed E-state index contributed by atoms with van der Waals surface area (Å²) in [4.78, 5) is 22.4. The topological polar surface area (TPSA) is 66.8 Å². The normalized spacial score (nSPS) is 28.7. The molecule has 1 aliphatic heterocycles. The molecule has 1 aliphatic rings. The predicted octanol–water partition coefficient (Wildman–Crippen LogP) is -1.34. The van der Waals surface area contributed by atoms with Crippen LogP contribution in [0.3, 0.4) is 0 Å². The van der Waals surface area contributed by atoms with Gasteiger partial charge in [-0.25, -0.2) is 4.79 Å². The molecule has 5 nitrogen and oxygen atoms in total. The fourth-order valence-electron chi connectivity index (χ4n) is 1.27. The summed E-state index contributed by atoms with van der Waals surface area (Å²) in [6.07, 6.45) is 1.18. The third-order valence-corrected chi connectivity index (χ3v) is 1.87. The minimum atomic E-state index is -0.664. The van der Waals surface area contributed by atoms with Crippen LogP contribution in [0.1, 0.15) is 6.42 Å². The molecule has 1 N–H and O–H groups in total. The molecule has 0 bridgehead atoms. The molecule has 0 aromatic carbocycles. The summed E-state index contributed by atoms with van der Waals surface area (Å²) in [7, 11) is 1.25. The van der Waals surface area contributed by atoms with Crippen molar-refractivity contribution in [2.24, 2.45) is 0 Å². The summed E-state index contributed by atoms with van der Waals surface area (Å²) in [5, 5.41) is 9.12. The number of esters is 1. The Bertz CT molecular complexity index is 194. The van der Waals surface area contributed by atoms with Crippen molar-refractivity contribution in [2.75, 3.05) is 13.7 Å². The van der Waals surface area contributed by atoms with Crippen LogP contribution in [0.4, 0.5) is 0 Å². The number of carbonyl (C=O) groups excluding carboxylic acids is 2. The van der Waals surface area contributed by atoms with Gasteiger partial charge in [0.1, 0.15) is 6.04 Å². The molecule has 0 aliphatic carbocycles. The van der Waals surface area contributed by atoms with Crippen molar-refractivity contribution in [1.29, 1.82) is 0 Å². The van der Waals surface area contributed by atoms with Crippen LogP contribution in [-0.4, -0.2) is 48.2 Å². The van der Waals surface area contributed by atoms with Gasteiger partial charge in [0.15, 0.2) is 0 Å². The number of ether oxygens (including phenoxy) is 1. The summed E-state index contributed by atoms with van der Waals surface area (Å²) in [6.45, 7) is 0.156. The number of aliphatic hydroxyl groups is 1. The fourth-order valence-corrected chi connectivity index (χ4v) is 1.27. The molecule has 1 radical (unpaired) electrons. The van der Waals surface area contributed by atoms with Crippen molar-refractivity contribution in [3.05, 3.63) is 0 Å². The molecule has 1 amide bonds. The molecule has 67 valence electrons. The Balaban J connectivity index is 2.63.